The van der Waals surface area contributed by atoms with Crippen LogP contribution in [0.4, 0.5) is 11.4 Å². The number of nitrogens with two attached hydrogens (primary N) is 1. The molecular weight excluding hydrogens is 212 g/mol. The first-order valence-electron chi connectivity index (χ1n) is 5.77. The monoisotopic (exact) mass is 230 g/mol. The summed E-state index contributed by atoms with van der Waals surface area (Å²) in [6.45, 7) is 3.97. The Balaban J connectivity index is 2.13. The van der Waals surface area contributed by atoms with Crippen LogP contribution in [-0.4, -0.2) is 16.3 Å². The second-order valence-corrected chi connectivity index (χ2v) is 4.13. The molecule has 0 radical (unpaired) electrons. The zero-order valence-corrected chi connectivity index (χ0v) is 10.3. The molecule has 0 fully saturated rings. The first-order valence-corrected chi connectivity index (χ1v) is 5.77. The molecule has 1 aromatic heterocycles. The average Bonchev–Trinajstić information content (AvgIpc) is 2.73. The second kappa shape index (κ2) is 4.91. The minimum atomic E-state index is 0.797. The van der Waals surface area contributed by atoms with Crippen molar-refractivity contribution in [2.45, 2.75) is 13.5 Å². The topological polar surface area (TPSA) is 47.1 Å². The molecule has 2 aromatic rings. The van der Waals surface area contributed by atoms with E-state index in [1.165, 1.54) is 11.3 Å². The van der Waals surface area contributed by atoms with Gasteiger partial charge in [-0.05, 0) is 31.2 Å². The Morgan fingerprint density at radius 2 is 2.00 bits per heavy atom. The molecule has 0 saturated heterocycles. The van der Waals surface area contributed by atoms with Crippen molar-refractivity contribution in [3.05, 3.63) is 42.2 Å². The number of hydrogen-bond acceptors (Lipinski definition) is 3. The number of nitrogen functional groups attached to an aromatic ring is 1. The number of aromatic nitrogens is 2. The van der Waals surface area contributed by atoms with Crippen LogP contribution in [0.25, 0.3) is 0 Å². The second-order valence-electron chi connectivity index (χ2n) is 4.13. The molecule has 0 saturated carbocycles. The quantitative estimate of drug-likeness (QED) is 0.817. The molecule has 0 amide bonds. The van der Waals surface area contributed by atoms with Gasteiger partial charge in [-0.2, -0.15) is 5.10 Å². The summed E-state index contributed by atoms with van der Waals surface area (Å²) in [6, 6.07) is 7.97. The maximum absolute atomic E-state index is 5.69. The van der Waals surface area contributed by atoms with Gasteiger partial charge in [-0.1, -0.05) is 0 Å². The highest BCUT2D eigenvalue weighted by molar-refractivity contribution is 5.53. The van der Waals surface area contributed by atoms with Gasteiger partial charge in [0.15, 0.2) is 0 Å². The Kier molecular flexibility index (Phi) is 3.32. The van der Waals surface area contributed by atoms with Crippen LogP contribution in [0.5, 0.6) is 0 Å². The summed E-state index contributed by atoms with van der Waals surface area (Å²) in [7, 11) is 1.93. The van der Waals surface area contributed by atoms with E-state index in [2.05, 4.69) is 29.1 Å². The van der Waals surface area contributed by atoms with Crippen molar-refractivity contribution in [2.24, 2.45) is 7.05 Å². The van der Waals surface area contributed by atoms with E-state index in [1.54, 1.807) is 0 Å². The van der Waals surface area contributed by atoms with Crippen molar-refractivity contribution in [1.29, 1.82) is 0 Å². The van der Waals surface area contributed by atoms with Crippen LogP contribution in [0, 0.1) is 0 Å². The lowest BCUT2D eigenvalue weighted by atomic mass is 10.2. The van der Waals surface area contributed by atoms with Gasteiger partial charge in [0.05, 0.1) is 6.20 Å². The van der Waals surface area contributed by atoms with Crippen LogP contribution >= 0.6 is 0 Å². The Morgan fingerprint density at radius 1 is 1.29 bits per heavy atom. The summed E-state index contributed by atoms with van der Waals surface area (Å²) in [5, 5.41) is 4.18. The molecule has 4 heteroatoms. The van der Waals surface area contributed by atoms with Gasteiger partial charge in [-0.3, -0.25) is 4.68 Å². The molecule has 2 N–H and O–H groups in total. The van der Waals surface area contributed by atoms with Gasteiger partial charge < -0.3 is 10.6 Å². The summed E-state index contributed by atoms with van der Waals surface area (Å²) < 4.78 is 1.83. The van der Waals surface area contributed by atoms with E-state index in [1.807, 2.05) is 36.3 Å². The molecule has 0 atom stereocenters. The Hall–Kier alpha value is -1.97. The molecular formula is C13H18N4. The molecule has 0 aliphatic heterocycles. The highest BCUT2D eigenvalue weighted by Gasteiger charge is 2.06. The lowest BCUT2D eigenvalue weighted by Gasteiger charge is -2.22. The molecule has 0 spiro atoms. The molecule has 4 nitrogen and oxygen atoms in total. The molecule has 90 valence electrons. The van der Waals surface area contributed by atoms with E-state index >= 15 is 0 Å². The van der Waals surface area contributed by atoms with Crippen LogP contribution in [0.3, 0.4) is 0 Å². The van der Waals surface area contributed by atoms with Gasteiger partial charge in [0, 0.05) is 43.3 Å². The number of benzene rings is 1. The van der Waals surface area contributed by atoms with Crippen LogP contribution < -0.4 is 10.6 Å². The molecule has 0 bridgehead atoms. The minimum Gasteiger partial charge on any atom is -0.399 e. The van der Waals surface area contributed by atoms with Crippen LogP contribution in [0.1, 0.15) is 12.5 Å². The molecule has 1 heterocycles. The summed E-state index contributed by atoms with van der Waals surface area (Å²) in [6.07, 6.45) is 3.94. The van der Waals surface area contributed by atoms with Crippen molar-refractivity contribution in [1.82, 2.24) is 9.78 Å². The van der Waals surface area contributed by atoms with E-state index in [0.717, 1.165) is 18.8 Å². The zero-order valence-electron chi connectivity index (χ0n) is 10.3. The summed E-state index contributed by atoms with van der Waals surface area (Å²) in [5.74, 6) is 0. The van der Waals surface area contributed by atoms with E-state index in [4.69, 9.17) is 5.73 Å². The maximum atomic E-state index is 5.69. The summed E-state index contributed by atoms with van der Waals surface area (Å²) in [4.78, 5) is 2.29. The normalized spacial score (nSPS) is 10.5. The van der Waals surface area contributed by atoms with Gasteiger partial charge in [-0.25, -0.2) is 0 Å². The SMILES string of the molecule is CCN(Cc1cnn(C)c1)c1ccc(N)cc1. The Morgan fingerprint density at radius 3 is 2.53 bits per heavy atom. The first-order chi connectivity index (χ1) is 8.19. The smallest absolute Gasteiger partial charge is 0.0539 e. The Bertz CT molecular complexity index is 472. The van der Waals surface area contributed by atoms with Gasteiger partial charge in [0.1, 0.15) is 0 Å². The molecule has 17 heavy (non-hydrogen) atoms. The molecule has 0 aliphatic rings. The van der Waals surface area contributed by atoms with Gasteiger partial charge in [0.25, 0.3) is 0 Å². The van der Waals surface area contributed by atoms with Gasteiger partial charge in [0.2, 0.25) is 0 Å². The molecule has 2 rings (SSSR count). The van der Waals surface area contributed by atoms with Crippen LogP contribution in [0.2, 0.25) is 0 Å². The highest BCUT2D eigenvalue weighted by Crippen LogP contribution is 2.18. The van der Waals surface area contributed by atoms with Crippen LogP contribution in [0.15, 0.2) is 36.7 Å². The third-order valence-electron chi connectivity index (χ3n) is 2.77. The van der Waals surface area contributed by atoms with Crippen molar-refractivity contribution in [2.75, 3.05) is 17.2 Å². The van der Waals surface area contributed by atoms with Crippen molar-refractivity contribution in [3.8, 4) is 0 Å². The lowest BCUT2D eigenvalue weighted by Crippen LogP contribution is -2.21. The number of anilines is 2. The number of aryl methyl sites for hydroxylation is 1. The average molecular weight is 230 g/mol. The number of rotatable bonds is 4. The number of nitrogens with zero attached hydrogens (tertiary/aromatic N) is 3. The fourth-order valence-corrected chi connectivity index (χ4v) is 1.84. The Labute approximate surface area is 102 Å². The zero-order chi connectivity index (χ0) is 12.3. The molecule has 0 unspecified atom stereocenters. The fourth-order valence-electron chi connectivity index (χ4n) is 1.84. The van der Waals surface area contributed by atoms with E-state index in [-0.39, 0.29) is 0 Å². The van der Waals surface area contributed by atoms with Crippen LogP contribution in [-0.2, 0) is 13.6 Å². The predicted octanol–water partition coefficient (Wildman–Crippen LogP) is 2.03. The summed E-state index contributed by atoms with van der Waals surface area (Å²) in [5.41, 5.74) is 8.89. The van der Waals surface area contributed by atoms with Crippen molar-refractivity contribution in [3.63, 3.8) is 0 Å². The standard InChI is InChI=1S/C13H18N4/c1-3-17(10-11-8-15-16(2)9-11)13-6-4-12(14)5-7-13/h4-9H,3,10,14H2,1-2H3. The predicted molar refractivity (Wildman–Crippen MR) is 70.8 cm³/mol. The number of hydrogen-bond donors (Lipinski definition) is 1. The lowest BCUT2D eigenvalue weighted by molar-refractivity contribution is 0.765. The highest BCUT2D eigenvalue weighted by atomic mass is 15.2. The maximum Gasteiger partial charge on any atom is 0.0539 e. The third-order valence-corrected chi connectivity index (χ3v) is 2.77. The largest absolute Gasteiger partial charge is 0.399 e. The van der Waals surface area contributed by atoms with Crippen molar-refractivity contribution < 1.29 is 0 Å². The fraction of sp³-hybridized carbons (Fsp3) is 0.308. The van der Waals surface area contributed by atoms with E-state index < -0.39 is 0 Å². The molecule has 1 aromatic carbocycles. The first kappa shape index (κ1) is 11.5. The summed E-state index contributed by atoms with van der Waals surface area (Å²) >= 11 is 0. The van der Waals surface area contributed by atoms with Gasteiger partial charge in [-0.15, -0.1) is 0 Å². The molecule has 0 aliphatic carbocycles. The third kappa shape index (κ3) is 2.78. The van der Waals surface area contributed by atoms with E-state index in [9.17, 15) is 0 Å². The van der Waals surface area contributed by atoms with Gasteiger partial charge >= 0.3 is 0 Å². The van der Waals surface area contributed by atoms with Crippen molar-refractivity contribution >= 4 is 11.4 Å². The minimum absolute atomic E-state index is 0.797. The van der Waals surface area contributed by atoms with E-state index in [0.29, 0.717) is 0 Å².